The van der Waals surface area contributed by atoms with Crippen LogP contribution in [0.3, 0.4) is 0 Å². The molecule has 0 bridgehead atoms. The van der Waals surface area contributed by atoms with Gasteiger partial charge in [0.15, 0.2) is 0 Å². The fraction of sp³-hybridized carbons (Fsp3) is 0.600. The Morgan fingerprint density at radius 1 is 1.00 bits per heavy atom. The average Bonchev–Trinajstić information content (AvgIpc) is 2.57. The van der Waals surface area contributed by atoms with Crippen molar-refractivity contribution < 1.29 is 0 Å². The van der Waals surface area contributed by atoms with E-state index in [0.717, 1.165) is 11.8 Å². The minimum atomic E-state index is 0.728. The van der Waals surface area contributed by atoms with E-state index in [1.165, 1.54) is 48.6 Å². The average molecular weight is 281 g/mol. The maximum Gasteiger partial charge on any atom is 0.0175 e. The zero-order valence-corrected chi connectivity index (χ0v) is 11.7. The lowest BCUT2D eigenvalue weighted by molar-refractivity contribution is 0.394. The van der Waals surface area contributed by atoms with Crippen LogP contribution in [0.15, 0.2) is 28.7 Å². The predicted molar refractivity (Wildman–Crippen MR) is 73.7 cm³/mol. The quantitative estimate of drug-likeness (QED) is 0.626. The first kappa shape index (κ1) is 12.2. The van der Waals surface area contributed by atoms with Gasteiger partial charge in [-0.3, -0.25) is 0 Å². The van der Waals surface area contributed by atoms with E-state index in [-0.39, 0.29) is 0 Å². The van der Waals surface area contributed by atoms with Crippen LogP contribution in [-0.2, 0) is 0 Å². The lowest BCUT2D eigenvalue weighted by atomic mass is 9.83. The molecular formula is C15H21Br. The summed E-state index contributed by atoms with van der Waals surface area (Å²) in [7, 11) is 0. The Kier molecular flexibility index (Phi) is 4.45. The van der Waals surface area contributed by atoms with Crippen molar-refractivity contribution in [2.45, 2.75) is 51.4 Å². The van der Waals surface area contributed by atoms with E-state index >= 15 is 0 Å². The molecule has 0 heterocycles. The number of halogens is 1. The third kappa shape index (κ3) is 3.10. The highest BCUT2D eigenvalue weighted by atomic mass is 79.9. The number of rotatable bonds is 2. The van der Waals surface area contributed by atoms with Gasteiger partial charge in [0.25, 0.3) is 0 Å². The van der Waals surface area contributed by atoms with Gasteiger partial charge in [0.05, 0.1) is 0 Å². The molecule has 1 fully saturated rings. The van der Waals surface area contributed by atoms with E-state index < -0.39 is 0 Å². The first-order chi connectivity index (χ1) is 7.77. The molecule has 0 radical (unpaired) electrons. The largest absolute Gasteiger partial charge is 0.0581 e. The molecule has 1 aliphatic carbocycles. The summed E-state index contributed by atoms with van der Waals surface area (Å²) in [5.74, 6) is 1.63. The van der Waals surface area contributed by atoms with Crippen molar-refractivity contribution in [3.63, 3.8) is 0 Å². The molecule has 1 aromatic rings. The molecule has 0 amide bonds. The zero-order valence-electron chi connectivity index (χ0n) is 10.1. The maximum atomic E-state index is 3.50. The lowest BCUT2D eigenvalue weighted by Gasteiger charge is -2.22. The standard InChI is InChI=1S/C15H21Br/c1-12(13-6-4-2-3-5-7-13)14-8-10-15(16)11-9-14/h8-13H,2-7H2,1H3. The van der Waals surface area contributed by atoms with E-state index in [0.29, 0.717) is 0 Å². The normalized spacial score (nSPS) is 20.4. The lowest BCUT2D eigenvalue weighted by Crippen LogP contribution is -2.09. The third-order valence-corrected chi connectivity index (χ3v) is 4.53. The minimum Gasteiger partial charge on any atom is -0.0581 e. The van der Waals surface area contributed by atoms with E-state index in [4.69, 9.17) is 0 Å². The van der Waals surface area contributed by atoms with Gasteiger partial charge in [-0.15, -0.1) is 0 Å². The fourth-order valence-electron chi connectivity index (χ4n) is 2.85. The summed E-state index contributed by atoms with van der Waals surface area (Å²) in [5.41, 5.74) is 1.51. The first-order valence-corrected chi connectivity index (χ1v) is 7.32. The van der Waals surface area contributed by atoms with Gasteiger partial charge in [0, 0.05) is 4.47 Å². The molecule has 2 rings (SSSR count). The summed E-state index contributed by atoms with van der Waals surface area (Å²) in [6.07, 6.45) is 8.62. The summed E-state index contributed by atoms with van der Waals surface area (Å²) in [6.45, 7) is 2.40. The van der Waals surface area contributed by atoms with E-state index in [1.54, 1.807) is 0 Å². The van der Waals surface area contributed by atoms with Crippen LogP contribution in [0, 0.1) is 5.92 Å². The molecule has 0 nitrogen and oxygen atoms in total. The van der Waals surface area contributed by atoms with Crippen LogP contribution in [0.2, 0.25) is 0 Å². The van der Waals surface area contributed by atoms with E-state index in [9.17, 15) is 0 Å². The van der Waals surface area contributed by atoms with Crippen molar-refractivity contribution in [1.29, 1.82) is 0 Å². The second-order valence-corrected chi connectivity index (χ2v) is 6.01. The summed E-state index contributed by atoms with van der Waals surface area (Å²) in [5, 5.41) is 0. The topological polar surface area (TPSA) is 0 Å². The Morgan fingerprint density at radius 2 is 1.56 bits per heavy atom. The predicted octanol–water partition coefficient (Wildman–Crippen LogP) is 5.52. The molecule has 1 unspecified atom stereocenters. The second kappa shape index (κ2) is 5.86. The molecule has 0 aliphatic heterocycles. The molecule has 1 atom stereocenters. The fourth-order valence-corrected chi connectivity index (χ4v) is 3.11. The molecule has 16 heavy (non-hydrogen) atoms. The van der Waals surface area contributed by atoms with Crippen molar-refractivity contribution in [3.8, 4) is 0 Å². The van der Waals surface area contributed by atoms with Crippen LogP contribution < -0.4 is 0 Å². The number of hydrogen-bond donors (Lipinski definition) is 0. The van der Waals surface area contributed by atoms with Gasteiger partial charge < -0.3 is 0 Å². The third-order valence-electron chi connectivity index (χ3n) is 4.00. The Balaban J connectivity index is 2.04. The van der Waals surface area contributed by atoms with Crippen molar-refractivity contribution in [2.24, 2.45) is 5.92 Å². The van der Waals surface area contributed by atoms with Crippen LogP contribution >= 0.6 is 15.9 Å². The second-order valence-electron chi connectivity index (χ2n) is 5.09. The van der Waals surface area contributed by atoms with Crippen molar-refractivity contribution >= 4 is 15.9 Å². The minimum absolute atomic E-state index is 0.728. The Morgan fingerprint density at radius 3 is 2.12 bits per heavy atom. The highest BCUT2D eigenvalue weighted by Crippen LogP contribution is 2.35. The van der Waals surface area contributed by atoms with Gasteiger partial charge >= 0.3 is 0 Å². The molecular weight excluding hydrogens is 260 g/mol. The summed E-state index contributed by atoms with van der Waals surface area (Å²) in [6, 6.07) is 8.89. The van der Waals surface area contributed by atoms with Gasteiger partial charge in [-0.05, 0) is 42.4 Å². The van der Waals surface area contributed by atoms with Gasteiger partial charge in [-0.1, -0.05) is 60.7 Å². The van der Waals surface area contributed by atoms with Gasteiger partial charge in [0.2, 0.25) is 0 Å². The molecule has 0 spiro atoms. The van der Waals surface area contributed by atoms with E-state index in [2.05, 4.69) is 47.1 Å². The summed E-state index contributed by atoms with van der Waals surface area (Å²) >= 11 is 3.50. The zero-order chi connectivity index (χ0) is 11.4. The van der Waals surface area contributed by atoms with Crippen LogP contribution in [0.1, 0.15) is 56.9 Å². The van der Waals surface area contributed by atoms with Gasteiger partial charge in [-0.25, -0.2) is 0 Å². The van der Waals surface area contributed by atoms with Crippen LogP contribution in [0.25, 0.3) is 0 Å². The SMILES string of the molecule is CC(c1ccc(Br)cc1)C1CCCCCC1. The molecule has 1 heteroatoms. The molecule has 1 aromatic carbocycles. The smallest absolute Gasteiger partial charge is 0.0175 e. The van der Waals surface area contributed by atoms with Crippen molar-refractivity contribution in [2.75, 3.05) is 0 Å². The number of benzene rings is 1. The summed E-state index contributed by atoms with van der Waals surface area (Å²) in [4.78, 5) is 0. The highest BCUT2D eigenvalue weighted by Gasteiger charge is 2.20. The molecule has 0 aromatic heterocycles. The number of hydrogen-bond acceptors (Lipinski definition) is 0. The Bertz CT molecular complexity index is 307. The molecule has 1 saturated carbocycles. The molecule has 0 N–H and O–H groups in total. The Hall–Kier alpha value is -0.300. The van der Waals surface area contributed by atoms with Crippen LogP contribution in [-0.4, -0.2) is 0 Å². The molecule has 0 saturated heterocycles. The van der Waals surface area contributed by atoms with Gasteiger partial charge in [-0.2, -0.15) is 0 Å². The Labute approximate surface area is 108 Å². The maximum absolute atomic E-state index is 3.50. The summed E-state index contributed by atoms with van der Waals surface area (Å²) < 4.78 is 1.18. The van der Waals surface area contributed by atoms with Crippen molar-refractivity contribution in [1.82, 2.24) is 0 Å². The molecule has 1 aliphatic rings. The van der Waals surface area contributed by atoms with Gasteiger partial charge in [0.1, 0.15) is 0 Å². The first-order valence-electron chi connectivity index (χ1n) is 6.53. The van der Waals surface area contributed by atoms with Crippen molar-refractivity contribution in [3.05, 3.63) is 34.3 Å². The van der Waals surface area contributed by atoms with Crippen LogP contribution in [0.5, 0.6) is 0 Å². The van der Waals surface area contributed by atoms with E-state index in [1.807, 2.05) is 0 Å². The molecule has 88 valence electrons. The monoisotopic (exact) mass is 280 g/mol. The highest BCUT2D eigenvalue weighted by molar-refractivity contribution is 9.10. The van der Waals surface area contributed by atoms with Crippen LogP contribution in [0.4, 0.5) is 0 Å².